The Morgan fingerprint density at radius 3 is 2.08 bits per heavy atom. The van der Waals surface area contributed by atoms with E-state index in [0.717, 1.165) is 11.1 Å². The summed E-state index contributed by atoms with van der Waals surface area (Å²) in [6.07, 6.45) is 5.74. The summed E-state index contributed by atoms with van der Waals surface area (Å²) in [6, 6.07) is 2.16. The third kappa shape index (κ3) is 3.78. The topological polar surface area (TPSA) is 23.8 Å². The minimum absolute atomic E-state index is 0.735. The molecule has 0 rings (SSSR count). The van der Waals surface area contributed by atoms with Gasteiger partial charge in [0.15, 0.2) is 0 Å². The van der Waals surface area contributed by atoms with Gasteiger partial charge in [-0.05, 0) is 39.3 Å². The highest BCUT2D eigenvalue weighted by atomic mass is 14.2. The van der Waals surface area contributed by atoms with Crippen molar-refractivity contribution in [3.05, 3.63) is 34.9 Å². The lowest BCUT2D eigenvalue weighted by Crippen LogP contribution is -1.79. The first-order valence-corrected chi connectivity index (χ1v) is 4.00. The first-order chi connectivity index (χ1) is 5.61. The van der Waals surface area contributed by atoms with Crippen LogP contribution in [-0.2, 0) is 0 Å². The van der Waals surface area contributed by atoms with Gasteiger partial charge in [0.2, 0.25) is 0 Å². The van der Waals surface area contributed by atoms with Crippen LogP contribution in [0, 0.1) is 11.3 Å². The van der Waals surface area contributed by atoms with Crippen molar-refractivity contribution in [2.75, 3.05) is 0 Å². The monoisotopic (exact) mass is 161 g/mol. The quantitative estimate of drug-likeness (QED) is 0.450. The van der Waals surface area contributed by atoms with Gasteiger partial charge in [-0.3, -0.25) is 0 Å². The zero-order valence-electron chi connectivity index (χ0n) is 8.18. The first-order valence-electron chi connectivity index (χ1n) is 4.00. The van der Waals surface area contributed by atoms with Crippen LogP contribution in [0.25, 0.3) is 0 Å². The van der Waals surface area contributed by atoms with E-state index in [-0.39, 0.29) is 0 Å². The van der Waals surface area contributed by atoms with Gasteiger partial charge in [-0.2, -0.15) is 5.26 Å². The summed E-state index contributed by atoms with van der Waals surface area (Å²) in [7, 11) is 0. The molecule has 0 atom stereocenters. The fraction of sp³-hybridized carbons (Fsp3) is 0.364. The number of allylic oxidation sites excluding steroid dienone is 6. The van der Waals surface area contributed by atoms with Crippen molar-refractivity contribution in [2.45, 2.75) is 27.7 Å². The van der Waals surface area contributed by atoms with Gasteiger partial charge in [0, 0.05) is 0 Å². The minimum Gasteiger partial charge on any atom is -0.192 e. The normalized spacial score (nSPS) is 12.2. The van der Waals surface area contributed by atoms with Gasteiger partial charge in [0.1, 0.15) is 0 Å². The van der Waals surface area contributed by atoms with Crippen LogP contribution in [0.4, 0.5) is 0 Å². The van der Waals surface area contributed by atoms with E-state index in [1.165, 1.54) is 5.57 Å². The average molecular weight is 161 g/mol. The third-order valence-electron chi connectivity index (χ3n) is 1.56. The molecular weight excluding hydrogens is 146 g/mol. The van der Waals surface area contributed by atoms with E-state index in [2.05, 4.69) is 6.07 Å². The van der Waals surface area contributed by atoms with E-state index >= 15 is 0 Å². The Bertz CT molecular complexity index is 268. The van der Waals surface area contributed by atoms with E-state index in [1.54, 1.807) is 0 Å². The highest BCUT2D eigenvalue weighted by molar-refractivity contribution is 5.42. The van der Waals surface area contributed by atoms with Gasteiger partial charge < -0.3 is 0 Å². The second kappa shape index (κ2) is 5.37. The van der Waals surface area contributed by atoms with Crippen molar-refractivity contribution >= 4 is 0 Å². The first kappa shape index (κ1) is 10.7. The van der Waals surface area contributed by atoms with E-state index in [9.17, 15) is 0 Å². The van der Waals surface area contributed by atoms with E-state index in [4.69, 9.17) is 5.26 Å². The smallest absolute Gasteiger partial charge is 0.0994 e. The molecule has 0 aliphatic carbocycles. The molecule has 1 heteroatoms. The number of rotatable bonds is 2. The molecule has 0 fully saturated rings. The van der Waals surface area contributed by atoms with Crippen LogP contribution in [0.5, 0.6) is 0 Å². The summed E-state index contributed by atoms with van der Waals surface area (Å²) < 4.78 is 0. The SMILES string of the molecule is C/C=C(C)\C(C#N)=C/C=C(C)C. The fourth-order valence-electron chi connectivity index (χ4n) is 0.662. The summed E-state index contributed by atoms with van der Waals surface area (Å²) in [6.45, 7) is 7.89. The van der Waals surface area contributed by atoms with Gasteiger partial charge in [0.25, 0.3) is 0 Å². The maximum absolute atomic E-state index is 8.75. The minimum atomic E-state index is 0.735. The van der Waals surface area contributed by atoms with Crippen LogP contribution in [0.1, 0.15) is 27.7 Å². The largest absolute Gasteiger partial charge is 0.192 e. The van der Waals surface area contributed by atoms with Crippen molar-refractivity contribution in [2.24, 2.45) is 0 Å². The number of nitriles is 1. The maximum Gasteiger partial charge on any atom is 0.0994 e. The Morgan fingerprint density at radius 2 is 1.75 bits per heavy atom. The maximum atomic E-state index is 8.75. The molecule has 0 saturated carbocycles. The van der Waals surface area contributed by atoms with Gasteiger partial charge in [-0.15, -0.1) is 0 Å². The zero-order valence-corrected chi connectivity index (χ0v) is 8.18. The molecule has 0 spiro atoms. The van der Waals surface area contributed by atoms with Crippen LogP contribution in [-0.4, -0.2) is 0 Å². The molecule has 0 aliphatic rings. The van der Waals surface area contributed by atoms with Crippen molar-refractivity contribution in [3.8, 4) is 6.07 Å². The lowest BCUT2D eigenvalue weighted by atomic mass is 10.1. The van der Waals surface area contributed by atoms with Crippen LogP contribution in [0.2, 0.25) is 0 Å². The predicted molar refractivity (Wildman–Crippen MR) is 52.6 cm³/mol. The molecule has 0 aliphatic heterocycles. The Labute approximate surface area is 74.7 Å². The highest BCUT2D eigenvalue weighted by Gasteiger charge is 1.93. The van der Waals surface area contributed by atoms with Crippen LogP contribution in [0.3, 0.4) is 0 Å². The second-order valence-corrected chi connectivity index (χ2v) is 2.91. The number of hydrogen-bond acceptors (Lipinski definition) is 1. The van der Waals surface area contributed by atoms with Gasteiger partial charge in [-0.25, -0.2) is 0 Å². The molecule has 1 nitrogen and oxygen atoms in total. The van der Waals surface area contributed by atoms with Crippen molar-refractivity contribution in [3.63, 3.8) is 0 Å². The Kier molecular flexibility index (Phi) is 4.79. The van der Waals surface area contributed by atoms with E-state index in [0.29, 0.717) is 0 Å². The van der Waals surface area contributed by atoms with Crippen molar-refractivity contribution in [1.29, 1.82) is 5.26 Å². The molecule has 0 saturated heterocycles. The predicted octanol–water partition coefficient (Wildman–Crippen LogP) is 3.37. The molecule has 0 unspecified atom stereocenters. The second-order valence-electron chi connectivity index (χ2n) is 2.91. The standard InChI is InChI=1S/C11H15N/c1-5-10(4)11(8-12)7-6-9(2)3/h5-7H,1-4H3/b10-5-,11-7-. The Balaban J connectivity index is 4.72. The summed E-state index contributed by atoms with van der Waals surface area (Å²) in [5, 5.41) is 8.75. The number of hydrogen-bond donors (Lipinski definition) is 0. The van der Waals surface area contributed by atoms with Gasteiger partial charge in [-0.1, -0.05) is 17.7 Å². The molecule has 0 aromatic heterocycles. The number of nitrogens with zero attached hydrogens (tertiary/aromatic N) is 1. The lowest BCUT2D eigenvalue weighted by Gasteiger charge is -1.94. The Hall–Kier alpha value is -1.29. The summed E-state index contributed by atoms with van der Waals surface area (Å²) in [4.78, 5) is 0. The van der Waals surface area contributed by atoms with Crippen LogP contribution in [0.15, 0.2) is 34.9 Å². The summed E-state index contributed by atoms with van der Waals surface area (Å²) >= 11 is 0. The van der Waals surface area contributed by atoms with Crippen molar-refractivity contribution in [1.82, 2.24) is 0 Å². The molecule has 0 amide bonds. The van der Waals surface area contributed by atoms with Gasteiger partial charge in [0.05, 0.1) is 11.6 Å². The summed E-state index contributed by atoms with van der Waals surface area (Å²) in [5.74, 6) is 0. The lowest BCUT2D eigenvalue weighted by molar-refractivity contribution is 1.35. The molecular formula is C11H15N. The fourth-order valence-corrected chi connectivity index (χ4v) is 0.662. The van der Waals surface area contributed by atoms with Crippen LogP contribution >= 0.6 is 0 Å². The van der Waals surface area contributed by atoms with Crippen molar-refractivity contribution < 1.29 is 0 Å². The van der Waals surface area contributed by atoms with Crippen LogP contribution < -0.4 is 0 Å². The van der Waals surface area contributed by atoms with Gasteiger partial charge >= 0.3 is 0 Å². The average Bonchev–Trinajstić information content (AvgIpc) is 2.04. The summed E-state index contributed by atoms with van der Waals surface area (Å²) in [5.41, 5.74) is 2.96. The third-order valence-corrected chi connectivity index (χ3v) is 1.56. The molecule has 64 valence electrons. The molecule has 0 radical (unpaired) electrons. The molecule has 0 N–H and O–H groups in total. The highest BCUT2D eigenvalue weighted by Crippen LogP contribution is 2.08. The molecule has 0 aromatic rings. The Morgan fingerprint density at radius 1 is 1.17 bits per heavy atom. The molecule has 12 heavy (non-hydrogen) atoms. The molecule has 0 bridgehead atoms. The molecule has 0 heterocycles. The zero-order chi connectivity index (χ0) is 9.56. The molecule has 0 aromatic carbocycles. The van der Waals surface area contributed by atoms with E-state index in [1.807, 2.05) is 45.9 Å². The van der Waals surface area contributed by atoms with E-state index < -0.39 is 0 Å².